The summed E-state index contributed by atoms with van der Waals surface area (Å²) in [5, 5.41) is 9.78. The molecule has 1 N–H and O–H groups in total. The van der Waals surface area contributed by atoms with Crippen molar-refractivity contribution in [2.24, 2.45) is 47.3 Å². The number of benzene rings is 12. The second-order valence-corrected chi connectivity index (χ2v) is 31.5. The van der Waals surface area contributed by atoms with E-state index in [9.17, 15) is 0 Å². The van der Waals surface area contributed by atoms with E-state index in [1.54, 1.807) is 22.3 Å². The van der Waals surface area contributed by atoms with Crippen molar-refractivity contribution in [3.63, 3.8) is 0 Å². The number of aromatic nitrogens is 2. The second-order valence-electron chi connectivity index (χ2n) is 30.6. The molecule has 0 unspecified atom stereocenters. The molecule has 480 valence electrons. The van der Waals surface area contributed by atoms with Gasteiger partial charge in [0, 0.05) is 86.5 Å². The van der Waals surface area contributed by atoms with Crippen LogP contribution in [0.3, 0.4) is 0 Å². The maximum atomic E-state index is 6.20. The van der Waals surface area contributed by atoms with E-state index in [2.05, 4.69) is 266 Å². The van der Waals surface area contributed by atoms with Crippen molar-refractivity contribution >= 4 is 138 Å². The number of H-pyrrole nitrogens is 1. The number of para-hydroxylation sites is 8. The lowest BCUT2D eigenvalue weighted by atomic mass is 9.41. The van der Waals surface area contributed by atoms with Crippen LogP contribution in [0.2, 0.25) is 0 Å². The lowest BCUT2D eigenvalue weighted by molar-refractivity contribution is -0.0419. The van der Waals surface area contributed by atoms with Crippen molar-refractivity contribution < 1.29 is 8.83 Å². The molecule has 16 aromatic rings. The summed E-state index contributed by atoms with van der Waals surface area (Å²) in [6.45, 7) is 0. The van der Waals surface area contributed by atoms with Crippen molar-refractivity contribution in [2.45, 2.75) is 75.0 Å². The lowest BCUT2D eigenvalue weighted by Gasteiger charge is -2.64. The van der Waals surface area contributed by atoms with Crippen molar-refractivity contribution in [3.05, 3.63) is 294 Å². The first kappa shape index (κ1) is 56.9. The van der Waals surface area contributed by atoms with Gasteiger partial charge in [0.15, 0.2) is 0 Å². The number of hydrogen-bond acceptors (Lipinski definition) is 4. The van der Waals surface area contributed by atoms with E-state index >= 15 is 0 Å². The smallest absolute Gasteiger partial charge is 0.135 e. The summed E-state index contributed by atoms with van der Waals surface area (Å²) in [5.41, 5.74) is 24.3. The summed E-state index contributed by atoms with van der Waals surface area (Å²) in [7, 11) is 0. The molecule has 26 rings (SSSR count). The van der Waals surface area contributed by atoms with Gasteiger partial charge in [-0.3, -0.25) is 0 Å². The van der Waals surface area contributed by atoms with E-state index in [0.717, 1.165) is 96.0 Å². The molecular weight excluding hydrogens is 1270 g/mol. The average Bonchev–Trinajstić information content (AvgIpc) is 1.62. The van der Waals surface area contributed by atoms with Crippen LogP contribution in [0.25, 0.3) is 93.2 Å². The Bertz CT molecular complexity index is 5840. The molecule has 10 aliphatic rings. The second kappa shape index (κ2) is 21.5. The van der Waals surface area contributed by atoms with Gasteiger partial charge in [-0.25, -0.2) is 0 Å². The molecule has 8 fully saturated rings. The molecule has 6 nitrogen and oxygen atoms in total. The summed E-state index contributed by atoms with van der Waals surface area (Å²) < 4.78 is 15.4. The van der Waals surface area contributed by atoms with Crippen molar-refractivity contribution in [3.8, 4) is 5.69 Å². The van der Waals surface area contributed by atoms with Gasteiger partial charge in [0.05, 0.1) is 33.8 Å². The van der Waals surface area contributed by atoms with E-state index < -0.39 is 0 Å². The number of nitrogens with one attached hydrogen (secondary N) is 1. The van der Waals surface area contributed by atoms with Gasteiger partial charge in [0.25, 0.3) is 0 Å². The third kappa shape index (κ3) is 8.17. The first-order chi connectivity index (χ1) is 48.9. The Morgan fingerprint density at radius 2 is 0.667 bits per heavy atom. The minimum absolute atomic E-state index is 0.118. The summed E-state index contributed by atoms with van der Waals surface area (Å²) in [6.07, 6.45) is 14.2. The van der Waals surface area contributed by atoms with Crippen LogP contribution in [0, 0.1) is 47.3 Å². The number of anilines is 6. The molecule has 8 aliphatic carbocycles. The van der Waals surface area contributed by atoms with Crippen LogP contribution in [0.1, 0.15) is 86.5 Å². The number of hydrogen-bond donors (Lipinski definition) is 1. The molecule has 2 spiro atoms. The van der Waals surface area contributed by atoms with Gasteiger partial charge in [-0.05, 0) is 255 Å². The molecule has 0 amide bonds. The van der Waals surface area contributed by atoms with Gasteiger partial charge in [0.2, 0.25) is 0 Å². The van der Waals surface area contributed by atoms with Crippen LogP contribution in [0.15, 0.2) is 280 Å². The molecule has 8 bridgehead atoms. The van der Waals surface area contributed by atoms with E-state index in [-0.39, 0.29) is 10.8 Å². The highest BCUT2D eigenvalue weighted by Gasteiger charge is 2.63. The zero-order valence-corrected chi connectivity index (χ0v) is 56.7. The minimum Gasteiger partial charge on any atom is -0.456 e. The zero-order valence-electron chi connectivity index (χ0n) is 55.1. The van der Waals surface area contributed by atoms with Gasteiger partial charge < -0.3 is 28.2 Å². The van der Waals surface area contributed by atoms with Crippen molar-refractivity contribution in [1.29, 1.82) is 0 Å². The highest BCUT2D eigenvalue weighted by molar-refractivity contribution is 9.10. The quantitative estimate of drug-likeness (QED) is 0.192. The molecule has 0 atom stereocenters. The number of furan rings is 2. The van der Waals surface area contributed by atoms with E-state index in [4.69, 9.17) is 8.83 Å². The molecule has 6 heterocycles. The summed E-state index contributed by atoms with van der Waals surface area (Å²) in [6, 6.07) is 98.4. The normalized spacial score (nSPS) is 22.9. The number of nitrogens with zero attached hydrogens (tertiary/aromatic N) is 3. The van der Waals surface area contributed by atoms with Crippen molar-refractivity contribution in [2.75, 3.05) is 9.80 Å². The Kier molecular flexibility index (Phi) is 12.3. The zero-order chi connectivity index (χ0) is 64.8. The van der Waals surface area contributed by atoms with Gasteiger partial charge in [-0.15, -0.1) is 0 Å². The van der Waals surface area contributed by atoms with Gasteiger partial charge in [0.1, 0.15) is 22.3 Å². The van der Waals surface area contributed by atoms with Crippen LogP contribution in [0.4, 0.5) is 34.1 Å². The minimum atomic E-state index is 0.118. The number of halogens is 1. The molecule has 4 aromatic heterocycles. The van der Waals surface area contributed by atoms with Crippen LogP contribution < -0.4 is 9.80 Å². The monoisotopic (exact) mass is 1340 g/mol. The molecule has 8 saturated carbocycles. The summed E-state index contributed by atoms with van der Waals surface area (Å²) in [4.78, 5) is 8.75. The third-order valence-electron chi connectivity index (χ3n) is 25.8. The average molecular weight is 1350 g/mol. The Labute approximate surface area is 583 Å². The highest BCUT2D eigenvalue weighted by Crippen LogP contribution is 2.71. The largest absolute Gasteiger partial charge is 0.456 e. The first-order valence-corrected chi connectivity index (χ1v) is 37.2. The summed E-state index contributed by atoms with van der Waals surface area (Å²) >= 11 is 3.46. The fraction of sp³-hybridized carbons (Fsp3) is 0.217. The Morgan fingerprint density at radius 1 is 0.293 bits per heavy atom. The molecule has 7 heteroatoms. The van der Waals surface area contributed by atoms with Crippen LogP contribution in [0.5, 0.6) is 0 Å². The van der Waals surface area contributed by atoms with Crippen LogP contribution in [-0.2, 0) is 10.8 Å². The number of rotatable bonds is 3. The Hall–Kier alpha value is -10.1. The SMILES string of the molecule is Brc1ccc2oc3ccccc3c2c1.c1ccc2c(c1)N(c1ccc3[nH]c4ccccc4c3c1)c1ccccc1C21C2CC3CC(C2)CC1C3.c1ccc2c(c1)N(c1ccc3c(c1)c1ccccc1n3-c1ccc3oc4ccccc4c3c1)c1ccccc1C21C2CC3CC(C2)CC1C3. The van der Waals surface area contributed by atoms with Crippen molar-refractivity contribution in [1.82, 2.24) is 9.55 Å². The predicted molar refractivity (Wildman–Crippen MR) is 410 cm³/mol. The predicted octanol–water partition coefficient (Wildman–Crippen LogP) is 25.4. The lowest BCUT2D eigenvalue weighted by Crippen LogP contribution is -2.57. The molecule has 12 aromatic carbocycles. The topological polar surface area (TPSA) is 53.5 Å². The maximum absolute atomic E-state index is 6.20. The van der Waals surface area contributed by atoms with Crippen LogP contribution >= 0.6 is 15.9 Å². The molecule has 2 aliphatic heterocycles. The molecular formula is C92H73BrN4O2. The fourth-order valence-electron chi connectivity index (χ4n) is 22.7. The number of aromatic amines is 1. The summed E-state index contributed by atoms with van der Waals surface area (Å²) in [5.74, 6) is 6.79. The van der Waals surface area contributed by atoms with Crippen LogP contribution in [-0.4, -0.2) is 9.55 Å². The van der Waals surface area contributed by atoms with E-state index in [1.165, 1.54) is 147 Å². The maximum Gasteiger partial charge on any atom is 0.135 e. The fourth-order valence-corrected chi connectivity index (χ4v) is 23.1. The van der Waals surface area contributed by atoms with Gasteiger partial charge in [-0.2, -0.15) is 0 Å². The number of fused-ring (bicyclic) bond motifs is 16. The molecule has 99 heavy (non-hydrogen) atoms. The molecule has 0 saturated heterocycles. The molecule has 0 radical (unpaired) electrons. The van der Waals surface area contributed by atoms with E-state index in [1.807, 2.05) is 36.4 Å². The Morgan fingerprint density at radius 3 is 1.20 bits per heavy atom. The Balaban J connectivity index is 0.000000109. The highest BCUT2D eigenvalue weighted by atomic mass is 79.9. The first-order valence-electron chi connectivity index (χ1n) is 36.4. The third-order valence-corrected chi connectivity index (χ3v) is 26.3. The standard InChI is InChI=1S/C46H36N2O.C34H30N2.C12H7BrO/c1-5-13-40-34(9-1)36-26-32(17-19-41(36)47(40)33-18-20-45-37(27-33)35-10-2-8-16-44(35)49-45)48-42-14-6-3-11-38(42)46(39-12-4-7-15-43(39)48)30-22-28-21-29(24-30)25-31(46)23-28;1-4-10-30-26(7-1)27-20-25(13-14-31(27)35-30)36-32-11-5-2-8-28(32)34(29-9-3-6-12-33(29)36)23-16-21-15-22(18-23)19-24(34)17-21;13-8-5-6-12-10(7-8)9-3-1-2-4-11(9)14-12/h1-20,26-31H,21-25H2;1-14,20-24,35H,15-19H2;1-7H. The van der Waals surface area contributed by atoms with Gasteiger partial charge >= 0.3 is 0 Å². The van der Waals surface area contributed by atoms with Gasteiger partial charge in [-0.1, -0.05) is 162 Å². The van der Waals surface area contributed by atoms with E-state index in [0.29, 0.717) is 0 Å².